The summed E-state index contributed by atoms with van der Waals surface area (Å²) in [6, 6.07) is 1.11. The van der Waals surface area contributed by atoms with E-state index in [-0.39, 0.29) is 18.3 Å². The number of halogens is 1. The summed E-state index contributed by atoms with van der Waals surface area (Å²) in [6.45, 7) is 0.0625. The molecule has 6 heteroatoms. The topological polar surface area (TPSA) is 66.9 Å². The third kappa shape index (κ3) is 3.02. The van der Waals surface area contributed by atoms with Gasteiger partial charge >= 0.3 is 0 Å². The molecule has 0 bridgehead atoms. The van der Waals surface area contributed by atoms with Crippen molar-refractivity contribution in [1.82, 2.24) is 15.3 Å². The minimum absolute atomic E-state index is 0.0625. The first-order valence-corrected chi connectivity index (χ1v) is 3.64. The molecule has 0 aromatic carbocycles. The first-order chi connectivity index (χ1) is 6.22. The van der Waals surface area contributed by atoms with Gasteiger partial charge < -0.3 is 10.6 Å². The number of nitrogens with zero attached hydrogens (tertiary/aromatic N) is 2. The van der Waals surface area contributed by atoms with E-state index in [0.717, 1.165) is 12.4 Å². The summed E-state index contributed by atoms with van der Waals surface area (Å²) >= 11 is 0. The maximum atomic E-state index is 12.5. The maximum absolute atomic E-state index is 12.5. The van der Waals surface area contributed by atoms with Crippen LogP contribution in [0.5, 0.6) is 0 Å². The zero-order valence-corrected chi connectivity index (χ0v) is 7.04. The van der Waals surface area contributed by atoms with E-state index in [0.29, 0.717) is 0 Å². The molecule has 0 radical (unpaired) electrons. The Kier molecular flexibility index (Phi) is 3.13. The Bertz CT molecular complexity index is 304. The van der Waals surface area contributed by atoms with Gasteiger partial charge in [0.15, 0.2) is 0 Å². The van der Waals surface area contributed by atoms with Crippen LogP contribution in [0.15, 0.2) is 12.4 Å². The smallest absolute Gasteiger partial charge is 0.239 e. The van der Waals surface area contributed by atoms with E-state index in [1.807, 2.05) is 0 Å². The van der Waals surface area contributed by atoms with Gasteiger partial charge in [-0.15, -0.1) is 0 Å². The Labute approximate surface area is 74.4 Å². The van der Waals surface area contributed by atoms with Crippen LogP contribution in [0.25, 0.3) is 0 Å². The molecule has 13 heavy (non-hydrogen) atoms. The van der Waals surface area contributed by atoms with E-state index in [1.54, 1.807) is 0 Å². The van der Waals surface area contributed by atoms with Crippen molar-refractivity contribution in [3.05, 3.63) is 18.3 Å². The lowest BCUT2D eigenvalue weighted by Crippen LogP contribution is -2.26. The lowest BCUT2D eigenvalue weighted by Gasteiger charge is -2.02. The van der Waals surface area contributed by atoms with Gasteiger partial charge in [0.05, 0.1) is 6.54 Å². The van der Waals surface area contributed by atoms with Crippen molar-refractivity contribution in [3.8, 4) is 0 Å². The Hall–Kier alpha value is -1.72. The molecule has 1 aromatic rings. The third-order valence-corrected chi connectivity index (χ3v) is 1.34. The SMILES string of the molecule is CNC(=O)CNc1cc(F)ncn1. The molecule has 1 amide bonds. The molecule has 1 rings (SSSR count). The minimum atomic E-state index is -0.630. The number of amides is 1. The summed E-state index contributed by atoms with van der Waals surface area (Å²) < 4.78 is 12.5. The molecule has 0 aliphatic heterocycles. The van der Waals surface area contributed by atoms with Crippen LogP contribution < -0.4 is 10.6 Å². The van der Waals surface area contributed by atoms with Crippen molar-refractivity contribution >= 4 is 11.7 Å². The van der Waals surface area contributed by atoms with Crippen molar-refractivity contribution in [3.63, 3.8) is 0 Å². The Morgan fingerprint density at radius 3 is 3.00 bits per heavy atom. The zero-order chi connectivity index (χ0) is 9.68. The van der Waals surface area contributed by atoms with E-state index in [2.05, 4.69) is 20.6 Å². The van der Waals surface area contributed by atoms with Crippen LogP contribution in [0.1, 0.15) is 0 Å². The first kappa shape index (κ1) is 9.37. The Balaban J connectivity index is 2.50. The predicted octanol–water partition coefficient (Wildman–Crippen LogP) is -0.226. The second kappa shape index (κ2) is 4.34. The van der Waals surface area contributed by atoms with Gasteiger partial charge in [0.2, 0.25) is 11.9 Å². The normalized spacial score (nSPS) is 9.38. The minimum Gasteiger partial charge on any atom is -0.361 e. The molecule has 0 saturated heterocycles. The second-order valence-corrected chi connectivity index (χ2v) is 2.25. The molecular formula is C7H9FN4O. The van der Waals surface area contributed by atoms with Gasteiger partial charge in [-0.25, -0.2) is 9.97 Å². The Morgan fingerprint density at radius 2 is 2.38 bits per heavy atom. The fourth-order valence-corrected chi connectivity index (χ4v) is 0.689. The summed E-state index contributed by atoms with van der Waals surface area (Å²) in [5.74, 6) is -0.537. The molecule has 0 saturated carbocycles. The van der Waals surface area contributed by atoms with Crippen molar-refractivity contribution < 1.29 is 9.18 Å². The van der Waals surface area contributed by atoms with E-state index >= 15 is 0 Å². The fourth-order valence-electron chi connectivity index (χ4n) is 0.689. The summed E-state index contributed by atoms with van der Waals surface area (Å²) in [4.78, 5) is 17.7. The quantitative estimate of drug-likeness (QED) is 0.637. The van der Waals surface area contributed by atoms with E-state index in [9.17, 15) is 9.18 Å². The molecule has 0 fully saturated rings. The van der Waals surface area contributed by atoms with Crippen LogP contribution in [0.4, 0.5) is 10.2 Å². The highest BCUT2D eigenvalue weighted by Crippen LogP contribution is 2.00. The average Bonchev–Trinajstić information content (AvgIpc) is 2.14. The number of aromatic nitrogens is 2. The molecule has 5 nitrogen and oxygen atoms in total. The van der Waals surface area contributed by atoms with Gasteiger partial charge in [-0.05, 0) is 0 Å². The zero-order valence-electron chi connectivity index (χ0n) is 7.04. The predicted molar refractivity (Wildman–Crippen MR) is 44.5 cm³/mol. The first-order valence-electron chi connectivity index (χ1n) is 3.64. The number of rotatable bonds is 3. The van der Waals surface area contributed by atoms with Crippen LogP contribution in [-0.4, -0.2) is 29.5 Å². The molecule has 1 heterocycles. The monoisotopic (exact) mass is 184 g/mol. The van der Waals surface area contributed by atoms with Crippen LogP contribution in [-0.2, 0) is 4.79 Å². The molecule has 0 atom stereocenters. The number of anilines is 1. The number of carbonyl (C=O) groups excluding carboxylic acids is 1. The summed E-state index contributed by atoms with van der Waals surface area (Å²) in [5.41, 5.74) is 0. The van der Waals surface area contributed by atoms with E-state index < -0.39 is 5.95 Å². The lowest BCUT2D eigenvalue weighted by atomic mass is 10.5. The van der Waals surface area contributed by atoms with Crippen LogP contribution in [0.3, 0.4) is 0 Å². The number of hydrogen-bond acceptors (Lipinski definition) is 4. The van der Waals surface area contributed by atoms with Gasteiger partial charge in [0, 0.05) is 13.1 Å². The summed E-state index contributed by atoms with van der Waals surface area (Å²) in [6.07, 6.45) is 1.08. The highest BCUT2D eigenvalue weighted by molar-refractivity contribution is 5.79. The van der Waals surface area contributed by atoms with Crippen LogP contribution in [0.2, 0.25) is 0 Å². The van der Waals surface area contributed by atoms with Gasteiger partial charge in [-0.1, -0.05) is 0 Å². The summed E-state index contributed by atoms with van der Waals surface area (Å²) in [5, 5.41) is 5.04. The molecule has 0 unspecified atom stereocenters. The van der Waals surface area contributed by atoms with Crippen LogP contribution in [0, 0.1) is 5.95 Å². The van der Waals surface area contributed by atoms with Crippen LogP contribution >= 0.6 is 0 Å². The number of hydrogen-bond donors (Lipinski definition) is 2. The van der Waals surface area contributed by atoms with Gasteiger partial charge in [-0.2, -0.15) is 4.39 Å². The number of carbonyl (C=O) groups is 1. The van der Waals surface area contributed by atoms with Gasteiger partial charge in [0.25, 0.3) is 0 Å². The van der Waals surface area contributed by atoms with Crippen molar-refractivity contribution in [2.75, 3.05) is 18.9 Å². The van der Waals surface area contributed by atoms with Crippen molar-refractivity contribution in [2.45, 2.75) is 0 Å². The third-order valence-electron chi connectivity index (χ3n) is 1.34. The van der Waals surface area contributed by atoms with Gasteiger partial charge in [0.1, 0.15) is 12.1 Å². The van der Waals surface area contributed by atoms with E-state index in [1.165, 1.54) is 7.05 Å². The van der Waals surface area contributed by atoms with Crippen molar-refractivity contribution in [2.24, 2.45) is 0 Å². The molecule has 1 aromatic heterocycles. The highest BCUT2D eigenvalue weighted by Gasteiger charge is 1.99. The maximum Gasteiger partial charge on any atom is 0.239 e. The molecule has 2 N–H and O–H groups in total. The number of nitrogens with one attached hydrogen (secondary N) is 2. The largest absolute Gasteiger partial charge is 0.361 e. The molecule has 0 spiro atoms. The fraction of sp³-hybridized carbons (Fsp3) is 0.286. The van der Waals surface area contributed by atoms with E-state index in [4.69, 9.17) is 0 Å². The van der Waals surface area contributed by atoms with Gasteiger partial charge in [-0.3, -0.25) is 4.79 Å². The molecule has 0 aliphatic rings. The standard InChI is InChI=1S/C7H9FN4O/c1-9-7(13)3-10-6-2-5(8)11-4-12-6/h2,4H,3H2,1H3,(H,9,13)(H,10,11,12). The highest BCUT2D eigenvalue weighted by atomic mass is 19.1. The lowest BCUT2D eigenvalue weighted by molar-refractivity contribution is -0.118. The number of likely N-dealkylation sites (N-methyl/N-ethyl adjacent to an activating group) is 1. The molecule has 0 aliphatic carbocycles. The summed E-state index contributed by atoms with van der Waals surface area (Å²) in [7, 11) is 1.52. The Morgan fingerprint density at radius 1 is 1.62 bits per heavy atom. The molecule has 70 valence electrons. The second-order valence-electron chi connectivity index (χ2n) is 2.25. The van der Waals surface area contributed by atoms with Crippen molar-refractivity contribution in [1.29, 1.82) is 0 Å². The molecular weight excluding hydrogens is 175 g/mol. The average molecular weight is 184 g/mol.